The number of Topliss-reactive ketones (excluding diaryl/α,β-unsaturated/α-hetero) is 1. The Kier molecular flexibility index (Phi) is 7.36. The fourth-order valence-corrected chi connectivity index (χ4v) is 3.84. The van der Waals surface area contributed by atoms with Gasteiger partial charge in [-0.1, -0.05) is 46.3 Å². The molecule has 0 N–H and O–H groups in total. The summed E-state index contributed by atoms with van der Waals surface area (Å²) in [6.07, 6.45) is 0. The number of benzene rings is 3. The molecule has 0 atom stereocenters. The second-order valence-electron chi connectivity index (χ2n) is 7.32. The van der Waals surface area contributed by atoms with E-state index in [-0.39, 0.29) is 18.9 Å². The number of hydrogen-bond donors (Lipinski definition) is 0. The Morgan fingerprint density at radius 2 is 1.64 bits per heavy atom. The summed E-state index contributed by atoms with van der Waals surface area (Å²) in [6, 6.07) is 24.6. The summed E-state index contributed by atoms with van der Waals surface area (Å²) in [7, 11) is 1.59. The smallest absolute Gasteiger partial charge is 0.198 e. The van der Waals surface area contributed by atoms with Crippen LogP contribution < -0.4 is 9.47 Å². The maximum Gasteiger partial charge on any atom is 0.198 e. The average molecular weight is 524 g/mol. The molecule has 0 spiro atoms. The van der Waals surface area contributed by atoms with Crippen LogP contribution in [0.3, 0.4) is 0 Å². The number of carbonyl (C=O) groups is 1. The zero-order valence-corrected chi connectivity index (χ0v) is 20.4. The summed E-state index contributed by atoms with van der Waals surface area (Å²) < 4.78 is 16.0. The highest BCUT2D eigenvalue weighted by molar-refractivity contribution is 9.10. The molecule has 0 saturated heterocycles. The Bertz CT molecular complexity index is 1280. The monoisotopic (exact) mass is 523 g/mol. The van der Waals surface area contributed by atoms with Gasteiger partial charge in [0, 0.05) is 10.0 Å². The zero-order valence-electron chi connectivity index (χ0n) is 18.0. The van der Waals surface area contributed by atoms with Gasteiger partial charge < -0.3 is 9.47 Å². The van der Waals surface area contributed by atoms with Crippen molar-refractivity contribution in [3.63, 3.8) is 0 Å². The van der Waals surface area contributed by atoms with Crippen LogP contribution in [0.4, 0.5) is 0 Å². The number of rotatable bonds is 9. The number of methoxy groups -OCH3 is 1. The van der Waals surface area contributed by atoms with Gasteiger partial charge >= 0.3 is 0 Å². The van der Waals surface area contributed by atoms with Gasteiger partial charge in [0.1, 0.15) is 24.7 Å². The van der Waals surface area contributed by atoms with Crippen molar-refractivity contribution in [1.82, 2.24) is 14.3 Å². The van der Waals surface area contributed by atoms with Crippen molar-refractivity contribution in [3.8, 4) is 11.5 Å². The normalized spacial score (nSPS) is 10.7. The van der Waals surface area contributed by atoms with Gasteiger partial charge in [-0.15, -0.1) is 0 Å². The van der Waals surface area contributed by atoms with E-state index in [1.807, 2.05) is 59.2 Å². The lowest BCUT2D eigenvalue weighted by Crippen LogP contribution is -2.12. The second kappa shape index (κ2) is 10.6. The first-order valence-corrected chi connectivity index (χ1v) is 11.5. The summed E-state index contributed by atoms with van der Waals surface area (Å²) in [5.41, 5.74) is 1.66. The number of halogens is 1. The van der Waals surface area contributed by atoms with Crippen LogP contribution >= 0.6 is 28.1 Å². The van der Waals surface area contributed by atoms with Gasteiger partial charge in [-0.05, 0) is 66.3 Å². The SMILES string of the molecule is COc1ccc(C(=O)Cn2nc(COc3ccc(Br)cc3)n(Cc3ccccc3)c2=S)cc1. The van der Waals surface area contributed by atoms with Crippen molar-refractivity contribution in [1.29, 1.82) is 0 Å². The van der Waals surface area contributed by atoms with E-state index in [4.69, 9.17) is 21.7 Å². The molecule has 0 unspecified atom stereocenters. The molecule has 1 aromatic heterocycles. The standard InChI is InChI=1S/C25H22BrN3O3S/c1-31-21-11-7-19(8-12-21)23(30)16-29-25(33)28(15-18-5-3-2-4-6-18)24(27-29)17-32-22-13-9-20(26)10-14-22/h2-14H,15-17H2,1H3. The first kappa shape index (κ1) is 22.9. The molecule has 0 aliphatic heterocycles. The van der Waals surface area contributed by atoms with Crippen molar-refractivity contribution in [2.75, 3.05) is 7.11 Å². The summed E-state index contributed by atoms with van der Waals surface area (Å²) in [5, 5.41) is 4.63. The number of aromatic nitrogens is 3. The third kappa shape index (κ3) is 5.77. The van der Waals surface area contributed by atoms with Crippen molar-refractivity contribution >= 4 is 33.9 Å². The number of ether oxygens (including phenoxy) is 2. The van der Waals surface area contributed by atoms with Gasteiger partial charge in [-0.3, -0.25) is 9.36 Å². The van der Waals surface area contributed by atoms with Crippen LogP contribution in [0.5, 0.6) is 11.5 Å². The molecule has 0 fully saturated rings. The Morgan fingerprint density at radius 3 is 2.30 bits per heavy atom. The maximum atomic E-state index is 12.9. The second-order valence-corrected chi connectivity index (χ2v) is 8.60. The number of ketones is 1. The molecule has 6 nitrogen and oxygen atoms in total. The number of carbonyl (C=O) groups excluding carboxylic acids is 1. The van der Waals surface area contributed by atoms with Crippen molar-refractivity contribution in [2.24, 2.45) is 0 Å². The van der Waals surface area contributed by atoms with E-state index in [1.54, 1.807) is 36.1 Å². The van der Waals surface area contributed by atoms with Gasteiger partial charge in [0.25, 0.3) is 0 Å². The molecule has 0 saturated carbocycles. The molecule has 0 aliphatic rings. The van der Waals surface area contributed by atoms with E-state index in [1.165, 1.54) is 0 Å². The minimum atomic E-state index is -0.0847. The third-order valence-electron chi connectivity index (χ3n) is 5.07. The average Bonchev–Trinajstić information content (AvgIpc) is 3.13. The fraction of sp³-hybridized carbons (Fsp3) is 0.160. The van der Waals surface area contributed by atoms with E-state index < -0.39 is 0 Å². The lowest BCUT2D eigenvalue weighted by molar-refractivity contribution is 0.0966. The molecular formula is C25H22BrN3O3S. The predicted octanol–water partition coefficient (Wildman–Crippen LogP) is 5.70. The van der Waals surface area contributed by atoms with Gasteiger partial charge in [0.15, 0.2) is 16.4 Å². The van der Waals surface area contributed by atoms with Crippen LogP contribution in [0.15, 0.2) is 83.3 Å². The van der Waals surface area contributed by atoms with Gasteiger partial charge in [-0.25, -0.2) is 4.68 Å². The van der Waals surface area contributed by atoms with E-state index in [2.05, 4.69) is 21.0 Å². The Hall–Kier alpha value is -3.23. The number of hydrogen-bond acceptors (Lipinski definition) is 5. The molecule has 168 valence electrons. The molecular weight excluding hydrogens is 502 g/mol. The van der Waals surface area contributed by atoms with E-state index in [0.717, 1.165) is 15.8 Å². The minimum Gasteiger partial charge on any atom is -0.497 e. The Labute approximate surface area is 205 Å². The van der Waals surface area contributed by atoms with Crippen LogP contribution in [0.1, 0.15) is 21.7 Å². The molecule has 3 aromatic carbocycles. The van der Waals surface area contributed by atoms with E-state index in [9.17, 15) is 4.79 Å². The van der Waals surface area contributed by atoms with Gasteiger partial charge in [0.2, 0.25) is 0 Å². The lowest BCUT2D eigenvalue weighted by atomic mass is 10.1. The quantitative estimate of drug-likeness (QED) is 0.208. The van der Waals surface area contributed by atoms with Crippen LogP contribution in [-0.4, -0.2) is 27.2 Å². The molecule has 0 bridgehead atoms. The van der Waals surface area contributed by atoms with Crippen LogP contribution in [0.25, 0.3) is 0 Å². The number of nitrogens with zero attached hydrogens (tertiary/aromatic N) is 3. The summed E-state index contributed by atoms with van der Waals surface area (Å²) in [4.78, 5) is 12.9. The van der Waals surface area contributed by atoms with Crippen molar-refractivity contribution in [2.45, 2.75) is 19.7 Å². The molecule has 0 aliphatic carbocycles. The molecule has 1 heterocycles. The Morgan fingerprint density at radius 1 is 0.970 bits per heavy atom. The highest BCUT2D eigenvalue weighted by Crippen LogP contribution is 2.18. The third-order valence-corrected chi connectivity index (χ3v) is 6.03. The van der Waals surface area contributed by atoms with Crippen LogP contribution in [0.2, 0.25) is 0 Å². The molecule has 0 amide bonds. The zero-order chi connectivity index (χ0) is 23.2. The molecule has 8 heteroatoms. The highest BCUT2D eigenvalue weighted by Gasteiger charge is 2.16. The van der Waals surface area contributed by atoms with Crippen LogP contribution in [0, 0.1) is 4.77 Å². The first-order valence-electron chi connectivity index (χ1n) is 10.3. The van der Waals surface area contributed by atoms with Gasteiger partial charge in [0.05, 0.1) is 13.7 Å². The molecule has 4 rings (SSSR count). The highest BCUT2D eigenvalue weighted by atomic mass is 79.9. The summed E-state index contributed by atoms with van der Waals surface area (Å²) in [5.74, 6) is 1.98. The van der Waals surface area contributed by atoms with E-state index in [0.29, 0.717) is 28.5 Å². The molecule has 33 heavy (non-hydrogen) atoms. The first-order chi connectivity index (χ1) is 16.0. The largest absolute Gasteiger partial charge is 0.497 e. The lowest BCUT2D eigenvalue weighted by Gasteiger charge is -2.09. The topological polar surface area (TPSA) is 58.3 Å². The van der Waals surface area contributed by atoms with Crippen LogP contribution in [-0.2, 0) is 19.7 Å². The predicted molar refractivity (Wildman–Crippen MR) is 132 cm³/mol. The summed E-state index contributed by atoms with van der Waals surface area (Å²) in [6.45, 7) is 0.801. The fourth-order valence-electron chi connectivity index (χ4n) is 3.30. The van der Waals surface area contributed by atoms with Crippen molar-refractivity contribution < 1.29 is 14.3 Å². The van der Waals surface area contributed by atoms with Crippen molar-refractivity contribution in [3.05, 3.63) is 105 Å². The summed E-state index contributed by atoms with van der Waals surface area (Å²) >= 11 is 9.12. The Balaban J connectivity index is 1.59. The van der Waals surface area contributed by atoms with E-state index >= 15 is 0 Å². The van der Waals surface area contributed by atoms with Gasteiger partial charge in [-0.2, -0.15) is 5.10 Å². The molecule has 0 radical (unpaired) electrons. The minimum absolute atomic E-state index is 0.0399. The molecule has 4 aromatic rings. The maximum absolute atomic E-state index is 12.9.